The van der Waals surface area contributed by atoms with Gasteiger partial charge in [0.15, 0.2) is 5.96 Å². The molecule has 0 amide bonds. The Labute approximate surface area is 178 Å². The van der Waals surface area contributed by atoms with Gasteiger partial charge < -0.3 is 15.4 Å². The Morgan fingerprint density at radius 3 is 2.86 bits per heavy atom. The molecule has 2 aliphatic rings. The van der Waals surface area contributed by atoms with Crippen LogP contribution in [0, 0.1) is 0 Å². The summed E-state index contributed by atoms with van der Waals surface area (Å²) in [7, 11) is 0. The van der Waals surface area contributed by atoms with Gasteiger partial charge in [0.2, 0.25) is 0 Å². The minimum atomic E-state index is 0.433. The van der Waals surface area contributed by atoms with Crippen LogP contribution in [-0.2, 0) is 6.54 Å². The molecule has 1 aromatic carbocycles. The minimum Gasteiger partial charge on any atom is -0.493 e. The maximum Gasteiger partial charge on any atom is 0.191 e. The van der Waals surface area contributed by atoms with Gasteiger partial charge in [0.25, 0.3) is 0 Å². The minimum absolute atomic E-state index is 0.433. The second-order valence-electron chi connectivity index (χ2n) is 7.92. The van der Waals surface area contributed by atoms with Gasteiger partial charge in [-0.1, -0.05) is 18.2 Å². The zero-order chi connectivity index (χ0) is 19.9. The highest BCUT2D eigenvalue weighted by molar-refractivity contribution is 7.07. The summed E-state index contributed by atoms with van der Waals surface area (Å²) >= 11 is 1.78. The summed E-state index contributed by atoms with van der Waals surface area (Å²) in [6.45, 7) is 7.95. The molecule has 4 rings (SSSR count). The van der Waals surface area contributed by atoms with Crippen molar-refractivity contribution in [2.24, 2.45) is 4.99 Å². The summed E-state index contributed by atoms with van der Waals surface area (Å²) in [5, 5.41) is 11.5. The van der Waals surface area contributed by atoms with Crippen LogP contribution in [0.2, 0.25) is 0 Å². The van der Waals surface area contributed by atoms with E-state index in [0.717, 1.165) is 70.3 Å². The number of para-hydroxylation sites is 1. The van der Waals surface area contributed by atoms with E-state index in [1.165, 1.54) is 11.1 Å². The van der Waals surface area contributed by atoms with E-state index in [4.69, 9.17) is 9.73 Å². The number of ether oxygens (including phenoxy) is 1. The van der Waals surface area contributed by atoms with Gasteiger partial charge in [-0.25, -0.2) is 0 Å². The van der Waals surface area contributed by atoms with Gasteiger partial charge in [0, 0.05) is 44.7 Å². The molecule has 1 saturated heterocycles. The number of guanidine groups is 1. The number of thiophene rings is 1. The monoisotopic (exact) mass is 412 g/mol. The lowest BCUT2D eigenvalue weighted by Crippen LogP contribution is -2.48. The fourth-order valence-corrected chi connectivity index (χ4v) is 4.86. The number of hydrogen-bond donors (Lipinski definition) is 2. The van der Waals surface area contributed by atoms with Crippen molar-refractivity contribution in [1.82, 2.24) is 15.5 Å². The molecule has 6 heteroatoms. The number of likely N-dealkylation sites (tertiary alicyclic amines) is 1. The lowest BCUT2D eigenvalue weighted by atomic mass is 9.93. The van der Waals surface area contributed by atoms with Crippen molar-refractivity contribution in [3.05, 3.63) is 52.2 Å². The smallest absolute Gasteiger partial charge is 0.191 e. The largest absolute Gasteiger partial charge is 0.493 e. The standard InChI is InChI=1S/C23H32N4OS/c1-2-24-23(25-15-19-9-13-28-22-6-4-3-5-21(19)22)26-20-7-11-27(12-8-20)16-18-10-14-29-17-18/h3-6,10,14,17,19-20H,2,7-9,11-13,15-16H2,1H3,(H2,24,25,26). The van der Waals surface area contributed by atoms with E-state index in [1.54, 1.807) is 11.3 Å². The van der Waals surface area contributed by atoms with Crippen molar-refractivity contribution >= 4 is 17.3 Å². The number of hydrogen-bond acceptors (Lipinski definition) is 4. The number of fused-ring (bicyclic) bond motifs is 1. The Hall–Kier alpha value is -2.05. The van der Waals surface area contributed by atoms with E-state index in [1.807, 2.05) is 6.07 Å². The van der Waals surface area contributed by atoms with Gasteiger partial charge in [-0.3, -0.25) is 9.89 Å². The molecule has 1 aromatic heterocycles. The van der Waals surface area contributed by atoms with Crippen LogP contribution in [0.4, 0.5) is 0 Å². The third-order valence-corrected chi connectivity index (χ3v) is 6.54. The van der Waals surface area contributed by atoms with Crippen molar-refractivity contribution in [1.29, 1.82) is 0 Å². The van der Waals surface area contributed by atoms with Crippen LogP contribution in [0.3, 0.4) is 0 Å². The number of rotatable bonds is 6. The van der Waals surface area contributed by atoms with E-state index in [-0.39, 0.29) is 0 Å². The normalized spacial score (nSPS) is 20.7. The SMILES string of the molecule is CCNC(=NCC1CCOc2ccccc21)NC1CCN(Cc2ccsc2)CC1. The van der Waals surface area contributed by atoms with E-state index < -0.39 is 0 Å². The van der Waals surface area contributed by atoms with E-state index in [9.17, 15) is 0 Å². The number of piperidine rings is 1. The Morgan fingerprint density at radius 1 is 1.21 bits per heavy atom. The van der Waals surface area contributed by atoms with Gasteiger partial charge in [0.1, 0.15) is 5.75 Å². The summed E-state index contributed by atoms with van der Waals surface area (Å²) in [4.78, 5) is 7.50. The molecule has 0 aliphatic carbocycles. The average Bonchev–Trinajstić information content (AvgIpc) is 3.26. The van der Waals surface area contributed by atoms with Crippen molar-refractivity contribution in [3.8, 4) is 5.75 Å². The molecule has 2 N–H and O–H groups in total. The molecule has 0 saturated carbocycles. The van der Waals surface area contributed by atoms with Crippen LogP contribution >= 0.6 is 11.3 Å². The van der Waals surface area contributed by atoms with Gasteiger partial charge in [-0.2, -0.15) is 11.3 Å². The summed E-state index contributed by atoms with van der Waals surface area (Å²) in [6, 6.07) is 11.1. The van der Waals surface area contributed by atoms with Crippen molar-refractivity contribution < 1.29 is 4.74 Å². The summed E-state index contributed by atoms with van der Waals surface area (Å²) in [5.41, 5.74) is 2.73. The Bertz CT molecular complexity index is 784. The van der Waals surface area contributed by atoms with Gasteiger partial charge in [-0.05, 0) is 60.2 Å². The Morgan fingerprint density at radius 2 is 2.07 bits per heavy atom. The van der Waals surface area contributed by atoms with E-state index >= 15 is 0 Å². The average molecular weight is 413 g/mol. The van der Waals surface area contributed by atoms with Gasteiger partial charge in [0.05, 0.1) is 6.61 Å². The Balaban J connectivity index is 1.30. The van der Waals surface area contributed by atoms with Crippen molar-refractivity contribution in [3.63, 3.8) is 0 Å². The molecule has 29 heavy (non-hydrogen) atoms. The molecule has 2 aliphatic heterocycles. The third kappa shape index (κ3) is 5.52. The van der Waals surface area contributed by atoms with Crippen LogP contribution in [0.1, 0.15) is 43.2 Å². The van der Waals surface area contributed by atoms with E-state index in [0.29, 0.717) is 12.0 Å². The zero-order valence-corrected chi connectivity index (χ0v) is 18.1. The maximum absolute atomic E-state index is 5.79. The number of nitrogens with one attached hydrogen (secondary N) is 2. The highest BCUT2D eigenvalue weighted by atomic mass is 32.1. The molecule has 0 radical (unpaired) electrons. The van der Waals surface area contributed by atoms with Crippen LogP contribution in [-0.4, -0.2) is 49.7 Å². The maximum atomic E-state index is 5.79. The highest BCUT2D eigenvalue weighted by Gasteiger charge is 2.22. The fraction of sp³-hybridized carbons (Fsp3) is 0.522. The van der Waals surface area contributed by atoms with Gasteiger partial charge >= 0.3 is 0 Å². The fourth-order valence-electron chi connectivity index (χ4n) is 4.20. The number of benzene rings is 1. The highest BCUT2D eigenvalue weighted by Crippen LogP contribution is 2.33. The zero-order valence-electron chi connectivity index (χ0n) is 17.3. The molecule has 1 unspecified atom stereocenters. The molecule has 3 heterocycles. The molecule has 2 aromatic rings. The van der Waals surface area contributed by atoms with E-state index in [2.05, 4.69) is 57.5 Å². The third-order valence-electron chi connectivity index (χ3n) is 5.81. The molecule has 5 nitrogen and oxygen atoms in total. The van der Waals surface area contributed by atoms with Crippen molar-refractivity contribution in [2.45, 2.75) is 44.7 Å². The first kappa shape index (κ1) is 20.2. The van der Waals surface area contributed by atoms with Crippen LogP contribution < -0.4 is 15.4 Å². The molecule has 1 atom stereocenters. The van der Waals surface area contributed by atoms with Crippen LogP contribution in [0.15, 0.2) is 46.1 Å². The van der Waals surface area contributed by atoms with Crippen LogP contribution in [0.25, 0.3) is 0 Å². The summed E-state index contributed by atoms with van der Waals surface area (Å²) in [5.74, 6) is 2.41. The molecular formula is C23H32N4OS. The molecule has 0 spiro atoms. The summed E-state index contributed by atoms with van der Waals surface area (Å²) in [6.07, 6.45) is 3.35. The predicted octanol–water partition coefficient (Wildman–Crippen LogP) is 3.83. The Kier molecular flexibility index (Phi) is 7.06. The first-order chi connectivity index (χ1) is 14.3. The quantitative estimate of drug-likeness (QED) is 0.559. The second kappa shape index (κ2) is 10.1. The molecule has 1 fully saturated rings. The molecule has 0 bridgehead atoms. The first-order valence-electron chi connectivity index (χ1n) is 10.8. The lowest BCUT2D eigenvalue weighted by molar-refractivity contribution is 0.198. The topological polar surface area (TPSA) is 48.9 Å². The first-order valence-corrected chi connectivity index (χ1v) is 11.8. The lowest BCUT2D eigenvalue weighted by Gasteiger charge is -2.33. The van der Waals surface area contributed by atoms with Crippen molar-refractivity contribution in [2.75, 3.05) is 32.8 Å². The molecular weight excluding hydrogens is 380 g/mol. The molecule has 156 valence electrons. The predicted molar refractivity (Wildman–Crippen MR) is 121 cm³/mol. The van der Waals surface area contributed by atoms with Crippen LogP contribution in [0.5, 0.6) is 5.75 Å². The number of nitrogens with zero attached hydrogens (tertiary/aromatic N) is 2. The summed E-state index contributed by atoms with van der Waals surface area (Å²) < 4.78 is 5.79. The van der Waals surface area contributed by atoms with Gasteiger partial charge in [-0.15, -0.1) is 0 Å². The number of aliphatic imine (C=N–C) groups is 1. The second-order valence-corrected chi connectivity index (χ2v) is 8.70.